The minimum atomic E-state index is -4.33. The Bertz CT molecular complexity index is 999. The number of amidine groups is 1. The number of aliphatic imine (C=N–C) groups is 2. The van der Waals surface area contributed by atoms with Crippen LogP contribution in [-0.2, 0) is 9.47 Å². The Kier molecular flexibility index (Phi) is 6.99. The number of amides is 1. The van der Waals surface area contributed by atoms with Crippen LogP contribution in [0.25, 0.3) is 0 Å². The number of alkyl halides is 3. The highest BCUT2D eigenvalue weighted by Gasteiger charge is 2.63. The molecule has 0 radical (unpaired) electrons. The number of aliphatic hydroxyl groups excluding tert-OH is 1. The zero-order valence-electron chi connectivity index (χ0n) is 20.2. The van der Waals surface area contributed by atoms with Crippen molar-refractivity contribution < 1.29 is 32.5 Å². The molecule has 3 aliphatic heterocycles. The molecule has 13 heteroatoms. The SMILES string of the molecule is CCC1C(N)=NC2C(COC(N)=O)N=C(N)N3C[C@H](OC(O)C4=CCC(C(F)(F)F)C=C4)C(C)CC123. The molecule has 1 saturated heterocycles. The molecular formula is C23H33F3N6O4. The normalized spacial score (nSPS) is 36.8. The lowest BCUT2D eigenvalue weighted by Gasteiger charge is -2.57. The van der Waals surface area contributed by atoms with Gasteiger partial charge in [0.1, 0.15) is 18.7 Å². The molecular weight excluding hydrogens is 481 g/mol. The first-order valence-corrected chi connectivity index (χ1v) is 12.0. The minimum Gasteiger partial charge on any atom is -0.447 e. The molecule has 3 heterocycles. The number of nitrogens with zero attached hydrogens (tertiary/aromatic N) is 3. The number of hydrogen-bond donors (Lipinski definition) is 4. The highest BCUT2D eigenvalue weighted by atomic mass is 19.4. The molecule has 1 spiro atoms. The summed E-state index contributed by atoms with van der Waals surface area (Å²) in [5.41, 5.74) is 17.6. The molecule has 0 aromatic carbocycles. The average Bonchev–Trinajstić information content (AvgIpc) is 3.08. The first kappa shape index (κ1) is 26.3. The summed E-state index contributed by atoms with van der Waals surface area (Å²) >= 11 is 0. The Balaban J connectivity index is 1.55. The zero-order valence-corrected chi connectivity index (χ0v) is 20.2. The molecule has 10 nitrogen and oxygen atoms in total. The van der Waals surface area contributed by atoms with Crippen molar-refractivity contribution in [3.05, 3.63) is 23.8 Å². The number of hydrogen-bond acceptors (Lipinski definition) is 9. The van der Waals surface area contributed by atoms with Gasteiger partial charge in [-0.15, -0.1) is 0 Å². The van der Waals surface area contributed by atoms with E-state index in [0.717, 1.165) is 6.08 Å². The Labute approximate surface area is 207 Å². The number of primary amides is 1. The van der Waals surface area contributed by atoms with E-state index in [1.165, 1.54) is 12.2 Å². The fourth-order valence-corrected chi connectivity index (χ4v) is 6.10. The van der Waals surface area contributed by atoms with Gasteiger partial charge >= 0.3 is 12.3 Å². The topological polar surface area (TPSA) is 162 Å². The largest absolute Gasteiger partial charge is 0.447 e. The van der Waals surface area contributed by atoms with E-state index in [9.17, 15) is 23.1 Å². The number of carbonyl (C=O) groups excluding carboxylic acids is 1. The Morgan fingerprint density at radius 1 is 1.36 bits per heavy atom. The molecule has 0 aromatic rings. The number of allylic oxidation sites excluding steroid dienone is 2. The summed E-state index contributed by atoms with van der Waals surface area (Å²) in [6.45, 7) is 4.17. The second-order valence-electron chi connectivity index (χ2n) is 9.90. The number of nitrogens with two attached hydrogens (primary N) is 3. The second kappa shape index (κ2) is 9.58. The fraction of sp³-hybridized carbons (Fsp3) is 0.696. The van der Waals surface area contributed by atoms with Crippen molar-refractivity contribution in [3.63, 3.8) is 0 Å². The predicted molar refractivity (Wildman–Crippen MR) is 126 cm³/mol. The molecule has 1 amide bonds. The number of halogens is 3. The molecule has 200 valence electrons. The van der Waals surface area contributed by atoms with Crippen molar-refractivity contribution >= 4 is 17.9 Å². The minimum absolute atomic E-state index is 0.0874. The fourth-order valence-electron chi connectivity index (χ4n) is 6.10. The van der Waals surface area contributed by atoms with Crippen molar-refractivity contribution in [2.75, 3.05) is 13.2 Å². The number of aliphatic hydroxyl groups is 1. The first-order chi connectivity index (χ1) is 16.9. The van der Waals surface area contributed by atoms with Gasteiger partial charge in [0.25, 0.3) is 0 Å². The van der Waals surface area contributed by atoms with Crippen molar-refractivity contribution in [2.24, 2.45) is 44.9 Å². The Morgan fingerprint density at radius 2 is 2.08 bits per heavy atom. The average molecular weight is 515 g/mol. The third-order valence-corrected chi connectivity index (χ3v) is 7.79. The van der Waals surface area contributed by atoms with Gasteiger partial charge in [-0.2, -0.15) is 13.2 Å². The van der Waals surface area contributed by atoms with Crippen LogP contribution in [0.4, 0.5) is 18.0 Å². The Morgan fingerprint density at radius 3 is 2.67 bits per heavy atom. The van der Waals surface area contributed by atoms with Crippen LogP contribution in [0.5, 0.6) is 0 Å². The molecule has 7 N–H and O–H groups in total. The molecule has 0 saturated carbocycles. The Hall–Kier alpha value is -2.80. The highest BCUT2D eigenvalue weighted by Crippen LogP contribution is 2.50. The van der Waals surface area contributed by atoms with Gasteiger partial charge in [0.05, 0.1) is 23.4 Å². The van der Waals surface area contributed by atoms with Gasteiger partial charge < -0.3 is 36.7 Å². The van der Waals surface area contributed by atoms with Gasteiger partial charge in [0.15, 0.2) is 12.2 Å². The van der Waals surface area contributed by atoms with Gasteiger partial charge in [-0.05, 0) is 25.2 Å². The van der Waals surface area contributed by atoms with Gasteiger partial charge in [-0.25, -0.2) is 9.79 Å². The third kappa shape index (κ3) is 4.54. The van der Waals surface area contributed by atoms with Crippen LogP contribution in [-0.4, -0.2) is 77.2 Å². The summed E-state index contributed by atoms with van der Waals surface area (Å²) in [6.07, 6.45) is -2.50. The van der Waals surface area contributed by atoms with E-state index in [2.05, 4.69) is 4.99 Å². The summed E-state index contributed by atoms with van der Waals surface area (Å²) in [4.78, 5) is 22.4. The van der Waals surface area contributed by atoms with Crippen LogP contribution >= 0.6 is 0 Å². The summed E-state index contributed by atoms with van der Waals surface area (Å²) in [5, 5.41) is 10.7. The zero-order chi connectivity index (χ0) is 26.4. The van der Waals surface area contributed by atoms with Gasteiger partial charge in [0, 0.05) is 18.0 Å². The molecule has 8 atom stereocenters. The van der Waals surface area contributed by atoms with E-state index in [1.807, 2.05) is 18.7 Å². The molecule has 0 bridgehead atoms. The van der Waals surface area contributed by atoms with Gasteiger partial charge in [0.2, 0.25) is 0 Å². The van der Waals surface area contributed by atoms with Crippen molar-refractivity contribution in [1.29, 1.82) is 0 Å². The number of piperidine rings is 1. The van der Waals surface area contributed by atoms with Crippen molar-refractivity contribution in [1.82, 2.24) is 4.90 Å². The lowest BCUT2D eigenvalue weighted by molar-refractivity contribution is -0.164. The van der Waals surface area contributed by atoms with Crippen LogP contribution in [0.3, 0.4) is 0 Å². The molecule has 1 fully saturated rings. The summed E-state index contributed by atoms with van der Waals surface area (Å²) in [7, 11) is 0. The molecule has 7 unspecified atom stereocenters. The maximum absolute atomic E-state index is 12.9. The van der Waals surface area contributed by atoms with Crippen LogP contribution in [0.1, 0.15) is 33.1 Å². The van der Waals surface area contributed by atoms with Crippen LogP contribution in [0.15, 0.2) is 33.8 Å². The van der Waals surface area contributed by atoms with E-state index in [0.29, 0.717) is 18.7 Å². The van der Waals surface area contributed by atoms with Crippen LogP contribution in [0.2, 0.25) is 0 Å². The maximum Gasteiger partial charge on any atom is 0.404 e. The van der Waals surface area contributed by atoms with Gasteiger partial charge in [-0.1, -0.05) is 32.1 Å². The quantitative estimate of drug-likeness (QED) is 0.389. The lowest BCUT2D eigenvalue weighted by atomic mass is 9.66. The van der Waals surface area contributed by atoms with E-state index < -0.39 is 48.2 Å². The summed E-state index contributed by atoms with van der Waals surface area (Å²) in [6, 6.07) is -0.982. The van der Waals surface area contributed by atoms with Crippen molar-refractivity contribution in [3.8, 4) is 0 Å². The van der Waals surface area contributed by atoms with Crippen molar-refractivity contribution in [2.45, 2.75) is 69.3 Å². The van der Waals surface area contributed by atoms with E-state index in [1.54, 1.807) is 0 Å². The van der Waals surface area contributed by atoms with Crippen LogP contribution in [0, 0.1) is 17.8 Å². The molecule has 36 heavy (non-hydrogen) atoms. The predicted octanol–water partition coefficient (Wildman–Crippen LogP) is 1.39. The van der Waals surface area contributed by atoms with Gasteiger partial charge in [-0.3, -0.25) is 4.99 Å². The third-order valence-electron chi connectivity index (χ3n) is 7.79. The molecule has 4 aliphatic rings. The van der Waals surface area contributed by atoms with E-state index in [-0.39, 0.29) is 42.9 Å². The number of guanidine groups is 1. The smallest absolute Gasteiger partial charge is 0.404 e. The second-order valence-corrected chi connectivity index (χ2v) is 9.90. The maximum atomic E-state index is 12.9. The number of rotatable bonds is 6. The molecule has 0 aromatic heterocycles. The number of carbonyl (C=O) groups is 1. The lowest BCUT2D eigenvalue weighted by Crippen LogP contribution is -2.73. The highest BCUT2D eigenvalue weighted by molar-refractivity contribution is 5.90. The monoisotopic (exact) mass is 514 g/mol. The standard InChI is InChI=1S/C23H33F3N6O4/c1-3-14-18(27)31-17-15(10-35-21(29)34)30-20(28)32-9-16(11(2)8-22(14,17)32)36-19(33)12-4-6-13(7-5-12)23(24,25)26/h4-6,11,13-17,19,33H,3,7-10H2,1-2H3,(H2,27,31)(H2,28,30)(H2,29,34)/t11?,13?,14?,15?,16-,17?,19?,22?/m0/s1. The molecule has 1 aliphatic carbocycles. The summed E-state index contributed by atoms with van der Waals surface area (Å²) < 4.78 is 49.8. The first-order valence-electron chi connectivity index (χ1n) is 12.0. The van der Waals surface area contributed by atoms with E-state index >= 15 is 0 Å². The summed E-state index contributed by atoms with van der Waals surface area (Å²) in [5.74, 6) is -1.11. The number of ether oxygens (including phenoxy) is 2. The van der Waals surface area contributed by atoms with Crippen LogP contribution < -0.4 is 17.2 Å². The van der Waals surface area contributed by atoms with E-state index in [4.69, 9.17) is 31.7 Å². The molecule has 4 rings (SSSR count).